The van der Waals surface area contributed by atoms with Crippen LogP contribution in [-0.2, 0) is 9.59 Å². The first kappa shape index (κ1) is 28.5. The third kappa shape index (κ3) is 11.0. The van der Waals surface area contributed by atoms with Gasteiger partial charge in [-0.2, -0.15) is 5.10 Å². The molecule has 2 rings (SSSR count). The SMILES string of the molecule is CCCCCCCCCC(=O)NCC(=O)N/N=C/c1cc(Br)ccc1OC(=O)c1ccccc1Cl. The van der Waals surface area contributed by atoms with Gasteiger partial charge in [-0.1, -0.05) is 85.1 Å². The largest absolute Gasteiger partial charge is 0.422 e. The second kappa shape index (κ2) is 16.1. The zero-order valence-corrected chi connectivity index (χ0v) is 22.2. The first-order chi connectivity index (χ1) is 16.9. The molecule has 2 N–H and O–H groups in total. The molecule has 0 heterocycles. The van der Waals surface area contributed by atoms with Gasteiger partial charge in [0.05, 0.1) is 23.3 Å². The maximum Gasteiger partial charge on any atom is 0.345 e. The van der Waals surface area contributed by atoms with Crippen LogP contribution < -0.4 is 15.5 Å². The zero-order chi connectivity index (χ0) is 25.5. The van der Waals surface area contributed by atoms with Crippen molar-refractivity contribution >= 4 is 51.5 Å². The number of esters is 1. The molecular weight excluding hydrogens is 534 g/mol. The minimum absolute atomic E-state index is 0.154. The molecule has 7 nitrogen and oxygen atoms in total. The Hall–Kier alpha value is -2.71. The van der Waals surface area contributed by atoms with Crippen molar-refractivity contribution in [3.8, 4) is 5.75 Å². The number of rotatable bonds is 14. The number of carbonyl (C=O) groups is 3. The molecule has 9 heteroatoms. The van der Waals surface area contributed by atoms with Crippen LogP contribution in [0.4, 0.5) is 0 Å². The Morgan fingerprint density at radius 2 is 1.71 bits per heavy atom. The van der Waals surface area contributed by atoms with E-state index in [1.807, 2.05) is 0 Å². The van der Waals surface area contributed by atoms with E-state index in [-0.39, 0.29) is 28.8 Å². The number of halogens is 2. The van der Waals surface area contributed by atoms with Gasteiger partial charge in [0.1, 0.15) is 5.75 Å². The molecule has 0 aliphatic heterocycles. The Morgan fingerprint density at radius 3 is 2.46 bits per heavy atom. The molecule has 0 atom stereocenters. The lowest BCUT2D eigenvalue weighted by Gasteiger charge is -2.09. The lowest BCUT2D eigenvalue weighted by Crippen LogP contribution is -2.34. The molecular formula is C26H31BrClN3O4. The third-order valence-electron chi connectivity index (χ3n) is 5.11. The van der Waals surface area contributed by atoms with E-state index in [1.165, 1.54) is 31.9 Å². The molecule has 0 unspecified atom stereocenters. The van der Waals surface area contributed by atoms with E-state index >= 15 is 0 Å². The van der Waals surface area contributed by atoms with Gasteiger partial charge in [-0.25, -0.2) is 10.2 Å². The molecule has 188 valence electrons. The average molecular weight is 565 g/mol. The number of hydrogen-bond donors (Lipinski definition) is 2. The van der Waals surface area contributed by atoms with Crippen LogP contribution in [0.5, 0.6) is 5.75 Å². The van der Waals surface area contributed by atoms with Gasteiger partial charge in [-0.3, -0.25) is 9.59 Å². The third-order valence-corrected chi connectivity index (χ3v) is 5.94. The standard InChI is InChI=1S/C26H31BrClN3O4/c1-2-3-4-5-6-7-8-13-24(32)29-18-25(33)31-30-17-19-16-20(27)14-15-23(19)35-26(34)21-11-9-10-12-22(21)28/h9-12,14-17H,2-8,13,18H2,1H3,(H,29,32)(H,31,33)/b30-17+. The van der Waals surface area contributed by atoms with Crippen LogP contribution in [0.2, 0.25) is 5.02 Å². The van der Waals surface area contributed by atoms with Gasteiger partial charge in [-0.05, 0) is 36.8 Å². The summed E-state index contributed by atoms with van der Waals surface area (Å²) >= 11 is 9.43. The highest BCUT2D eigenvalue weighted by Gasteiger charge is 2.14. The summed E-state index contributed by atoms with van der Waals surface area (Å²) in [6, 6.07) is 11.6. The predicted molar refractivity (Wildman–Crippen MR) is 142 cm³/mol. The molecule has 0 fully saturated rings. The molecule has 0 aliphatic carbocycles. The van der Waals surface area contributed by atoms with Crippen molar-refractivity contribution in [3.05, 3.63) is 63.1 Å². The highest BCUT2D eigenvalue weighted by Crippen LogP contribution is 2.24. The quantitative estimate of drug-likeness (QED) is 0.0963. The second-order valence-corrected chi connectivity index (χ2v) is 9.32. The van der Waals surface area contributed by atoms with E-state index in [2.05, 4.69) is 38.7 Å². The summed E-state index contributed by atoms with van der Waals surface area (Å²) in [7, 11) is 0. The van der Waals surface area contributed by atoms with Gasteiger partial charge in [-0.15, -0.1) is 0 Å². The molecule has 0 radical (unpaired) electrons. The van der Waals surface area contributed by atoms with Gasteiger partial charge in [0.2, 0.25) is 5.91 Å². The summed E-state index contributed by atoms with van der Waals surface area (Å²) in [5.41, 5.74) is 3.06. The number of ether oxygens (including phenoxy) is 1. The summed E-state index contributed by atoms with van der Waals surface area (Å²) in [6.45, 7) is 2.02. The maximum atomic E-state index is 12.5. The summed E-state index contributed by atoms with van der Waals surface area (Å²) in [5.74, 6) is -0.975. The van der Waals surface area contributed by atoms with Crippen molar-refractivity contribution in [1.29, 1.82) is 0 Å². The van der Waals surface area contributed by atoms with Gasteiger partial charge in [0.25, 0.3) is 5.91 Å². The van der Waals surface area contributed by atoms with E-state index in [0.717, 1.165) is 23.7 Å². The molecule has 0 saturated carbocycles. The Kier molecular flexibility index (Phi) is 13.1. The minimum atomic E-state index is -0.611. The van der Waals surface area contributed by atoms with Crippen LogP contribution in [0.15, 0.2) is 52.0 Å². The van der Waals surface area contributed by atoms with Crippen molar-refractivity contribution in [1.82, 2.24) is 10.7 Å². The molecule has 0 aromatic heterocycles. The first-order valence-electron chi connectivity index (χ1n) is 11.8. The van der Waals surface area contributed by atoms with Gasteiger partial charge in [0, 0.05) is 16.5 Å². The van der Waals surface area contributed by atoms with Crippen molar-refractivity contribution in [2.24, 2.45) is 5.10 Å². The van der Waals surface area contributed by atoms with Gasteiger partial charge in [0.15, 0.2) is 0 Å². The normalized spacial score (nSPS) is 10.8. The number of nitrogens with zero attached hydrogens (tertiary/aromatic N) is 1. The minimum Gasteiger partial charge on any atom is -0.422 e. The fourth-order valence-corrected chi connectivity index (χ4v) is 3.81. The summed E-state index contributed by atoms with van der Waals surface area (Å²) in [6.07, 6.45) is 9.65. The Labute approximate surface area is 219 Å². The summed E-state index contributed by atoms with van der Waals surface area (Å²) in [5, 5.41) is 6.80. The Balaban J connectivity index is 1.79. The zero-order valence-electron chi connectivity index (χ0n) is 19.8. The number of hydrazone groups is 1. The monoisotopic (exact) mass is 563 g/mol. The van der Waals surface area contributed by atoms with Crippen molar-refractivity contribution in [2.75, 3.05) is 6.54 Å². The first-order valence-corrected chi connectivity index (χ1v) is 12.9. The van der Waals surface area contributed by atoms with Crippen molar-refractivity contribution < 1.29 is 19.1 Å². The van der Waals surface area contributed by atoms with Crippen LogP contribution in [0, 0.1) is 0 Å². The number of unbranched alkanes of at least 4 members (excludes halogenated alkanes) is 6. The molecule has 0 aliphatic rings. The number of carbonyl (C=O) groups excluding carboxylic acids is 3. The van der Waals surface area contributed by atoms with Crippen LogP contribution in [0.3, 0.4) is 0 Å². The molecule has 35 heavy (non-hydrogen) atoms. The Bertz CT molecular complexity index is 1030. The van der Waals surface area contributed by atoms with Crippen molar-refractivity contribution in [3.63, 3.8) is 0 Å². The molecule has 2 aromatic carbocycles. The number of benzene rings is 2. The molecule has 0 saturated heterocycles. The number of amides is 2. The lowest BCUT2D eigenvalue weighted by atomic mass is 10.1. The molecule has 2 amide bonds. The second-order valence-electron chi connectivity index (χ2n) is 7.99. The van der Waals surface area contributed by atoms with E-state index in [0.29, 0.717) is 12.0 Å². The van der Waals surface area contributed by atoms with Crippen LogP contribution in [0.1, 0.15) is 74.2 Å². The highest BCUT2D eigenvalue weighted by molar-refractivity contribution is 9.10. The predicted octanol–water partition coefficient (Wildman–Crippen LogP) is 6.03. The topological polar surface area (TPSA) is 96.9 Å². The molecule has 0 bridgehead atoms. The van der Waals surface area contributed by atoms with E-state index in [1.54, 1.807) is 42.5 Å². The van der Waals surface area contributed by atoms with E-state index in [9.17, 15) is 14.4 Å². The number of hydrogen-bond acceptors (Lipinski definition) is 5. The van der Waals surface area contributed by atoms with E-state index in [4.69, 9.17) is 16.3 Å². The van der Waals surface area contributed by atoms with Crippen LogP contribution >= 0.6 is 27.5 Å². The van der Waals surface area contributed by atoms with Crippen molar-refractivity contribution in [2.45, 2.75) is 58.3 Å². The molecule has 2 aromatic rings. The fourth-order valence-electron chi connectivity index (χ4n) is 3.22. The highest BCUT2D eigenvalue weighted by atomic mass is 79.9. The molecule has 0 spiro atoms. The Morgan fingerprint density at radius 1 is 1.00 bits per heavy atom. The summed E-state index contributed by atoms with van der Waals surface area (Å²) in [4.78, 5) is 36.4. The van der Waals surface area contributed by atoms with Gasteiger partial charge >= 0.3 is 5.97 Å². The lowest BCUT2D eigenvalue weighted by molar-refractivity contribution is -0.126. The number of nitrogens with one attached hydrogen (secondary N) is 2. The van der Waals surface area contributed by atoms with Crippen LogP contribution in [-0.4, -0.2) is 30.5 Å². The van der Waals surface area contributed by atoms with Gasteiger partial charge < -0.3 is 10.1 Å². The van der Waals surface area contributed by atoms with E-state index < -0.39 is 11.9 Å². The fraction of sp³-hybridized carbons (Fsp3) is 0.385. The summed E-state index contributed by atoms with van der Waals surface area (Å²) < 4.78 is 6.21. The maximum absolute atomic E-state index is 12.5. The average Bonchev–Trinajstić information content (AvgIpc) is 2.84. The smallest absolute Gasteiger partial charge is 0.345 e. The van der Waals surface area contributed by atoms with Crippen LogP contribution in [0.25, 0.3) is 0 Å².